The van der Waals surface area contributed by atoms with Gasteiger partial charge in [0.05, 0.1) is 9.79 Å². The number of rotatable bonds is 11. The minimum Gasteiger partial charge on any atom is -0.744 e. The second-order valence-electron chi connectivity index (χ2n) is 12.0. The predicted octanol–water partition coefficient (Wildman–Crippen LogP) is 4.17. The van der Waals surface area contributed by atoms with Gasteiger partial charge in [0.2, 0.25) is 0 Å². The van der Waals surface area contributed by atoms with Gasteiger partial charge < -0.3 is 9.45 Å². The van der Waals surface area contributed by atoms with E-state index in [0.717, 1.165) is 55.9 Å². The molecule has 50 heavy (non-hydrogen) atoms. The van der Waals surface area contributed by atoms with Crippen molar-refractivity contribution in [1.82, 2.24) is 0 Å². The Bertz CT molecular complexity index is 2230. The standard InChI is InChI=1S/C39H40N2O6S2.Na/c1-5-40(26-30-12-10-16-35(24-30)48(42,43)44)33-18-20-37(28(3)22-33)39(32-14-8-7-9-15-32)38-21-19-34(23-29(38)4)41(6-2)27-31-13-11-17-36(25-31)49(45,46)47;/h7-25H,5-6,26-27H2,1-4H3,(H-,42,43,44,45,46,47);/q;+1. The molecule has 0 fully saturated rings. The molecule has 4 aromatic carbocycles. The Morgan fingerprint density at radius 1 is 0.800 bits per heavy atom. The zero-order chi connectivity index (χ0) is 35.3. The first-order valence-electron chi connectivity index (χ1n) is 16.0. The van der Waals surface area contributed by atoms with Crippen LogP contribution in [0.3, 0.4) is 0 Å². The SMILES string of the molecule is CCN(Cc1cccc(S(=O)(=O)[O-])c1)c1ccc(C(=C2C=CC(=[N+](CC)Cc3cccc(S(=O)(=O)O)c3)C=C2C)c2ccccc2)c(C)c1.[Na+]. The summed E-state index contributed by atoms with van der Waals surface area (Å²) in [4.78, 5) is 1.78. The summed E-state index contributed by atoms with van der Waals surface area (Å²) in [6, 6.07) is 29.1. The molecule has 0 aliphatic heterocycles. The maximum atomic E-state index is 11.7. The molecule has 0 saturated carbocycles. The van der Waals surface area contributed by atoms with Gasteiger partial charge in [-0.05, 0) is 109 Å². The molecule has 1 N–H and O–H groups in total. The van der Waals surface area contributed by atoms with Crippen LogP contribution in [0.15, 0.2) is 136 Å². The molecule has 0 radical (unpaired) electrons. The van der Waals surface area contributed by atoms with E-state index in [1.54, 1.807) is 12.1 Å². The molecule has 1 aliphatic carbocycles. The van der Waals surface area contributed by atoms with Gasteiger partial charge >= 0.3 is 29.6 Å². The van der Waals surface area contributed by atoms with E-state index in [2.05, 4.69) is 71.9 Å². The average Bonchev–Trinajstić information content (AvgIpc) is 3.07. The van der Waals surface area contributed by atoms with Gasteiger partial charge in [0.1, 0.15) is 16.7 Å². The first kappa shape index (κ1) is 39.2. The summed E-state index contributed by atoms with van der Waals surface area (Å²) in [5, 5.41) is 0. The number of allylic oxidation sites excluding steroid dienone is 5. The minimum absolute atomic E-state index is 0. The summed E-state index contributed by atoms with van der Waals surface area (Å²) in [6.07, 6.45) is 6.36. The first-order chi connectivity index (χ1) is 23.3. The zero-order valence-electron chi connectivity index (χ0n) is 29.0. The molecule has 11 heteroatoms. The molecule has 4 aromatic rings. The van der Waals surface area contributed by atoms with Gasteiger partial charge in [-0.3, -0.25) is 4.55 Å². The molecule has 0 unspecified atom stereocenters. The van der Waals surface area contributed by atoms with Gasteiger partial charge in [-0.2, -0.15) is 8.42 Å². The summed E-state index contributed by atoms with van der Waals surface area (Å²) in [5.74, 6) is 0. The summed E-state index contributed by atoms with van der Waals surface area (Å²) < 4.78 is 69.9. The van der Waals surface area contributed by atoms with E-state index in [1.807, 2.05) is 44.2 Å². The Kier molecular flexibility index (Phi) is 13.0. The molecule has 0 heterocycles. The molecule has 0 bridgehead atoms. The maximum absolute atomic E-state index is 11.7. The molecule has 254 valence electrons. The van der Waals surface area contributed by atoms with Crippen LogP contribution in [0.25, 0.3) is 5.57 Å². The third-order valence-corrected chi connectivity index (χ3v) is 10.3. The number of anilines is 1. The predicted molar refractivity (Wildman–Crippen MR) is 193 cm³/mol. The van der Waals surface area contributed by atoms with Gasteiger partial charge in [0, 0.05) is 36.5 Å². The number of nitrogens with zero attached hydrogens (tertiary/aromatic N) is 2. The van der Waals surface area contributed by atoms with Crippen molar-refractivity contribution in [2.45, 2.75) is 50.6 Å². The molecular weight excluding hydrogens is 680 g/mol. The third-order valence-electron chi connectivity index (χ3n) is 8.65. The monoisotopic (exact) mass is 719 g/mol. The van der Waals surface area contributed by atoms with Crippen LogP contribution in [0.2, 0.25) is 0 Å². The average molecular weight is 720 g/mol. The molecule has 8 nitrogen and oxygen atoms in total. The molecule has 0 amide bonds. The van der Waals surface area contributed by atoms with E-state index in [4.69, 9.17) is 0 Å². The van der Waals surface area contributed by atoms with Crippen molar-refractivity contribution in [1.29, 1.82) is 0 Å². The van der Waals surface area contributed by atoms with Crippen molar-refractivity contribution in [3.8, 4) is 0 Å². The first-order valence-corrected chi connectivity index (χ1v) is 18.9. The summed E-state index contributed by atoms with van der Waals surface area (Å²) in [6.45, 7) is 10.5. The van der Waals surface area contributed by atoms with Crippen molar-refractivity contribution >= 4 is 37.2 Å². The maximum Gasteiger partial charge on any atom is 1.00 e. The molecule has 0 atom stereocenters. The Morgan fingerprint density at radius 3 is 2.06 bits per heavy atom. The van der Waals surface area contributed by atoms with Gasteiger partial charge in [-0.15, -0.1) is 0 Å². The second-order valence-corrected chi connectivity index (χ2v) is 14.8. The van der Waals surface area contributed by atoms with E-state index in [-0.39, 0.29) is 39.3 Å². The zero-order valence-corrected chi connectivity index (χ0v) is 32.6. The van der Waals surface area contributed by atoms with Gasteiger partial charge in [0.25, 0.3) is 10.1 Å². The summed E-state index contributed by atoms with van der Waals surface area (Å²) >= 11 is 0. The van der Waals surface area contributed by atoms with Crippen molar-refractivity contribution in [3.05, 3.63) is 154 Å². The quantitative estimate of drug-likeness (QED) is 0.141. The van der Waals surface area contributed by atoms with Gasteiger partial charge in [-0.25, -0.2) is 13.0 Å². The van der Waals surface area contributed by atoms with Crippen molar-refractivity contribution in [3.63, 3.8) is 0 Å². The van der Waals surface area contributed by atoms with Crippen LogP contribution in [0.4, 0.5) is 5.69 Å². The van der Waals surface area contributed by atoms with E-state index < -0.39 is 20.2 Å². The fraction of sp³-hybridized carbons (Fsp3) is 0.205. The van der Waals surface area contributed by atoms with Crippen LogP contribution in [0, 0.1) is 6.92 Å². The van der Waals surface area contributed by atoms with Crippen molar-refractivity contribution < 1.29 is 60.1 Å². The third kappa shape index (κ3) is 9.38. The van der Waals surface area contributed by atoms with Crippen LogP contribution in [0.1, 0.15) is 48.6 Å². The van der Waals surface area contributed by atoms with Crippen molar-refractivity contribution in [2.24, 2.45) is 0 Å². The Labute approximate surface area is 318 Å². The normalized spacial score (nSPS) is 15.2. The van der Waals surface area contributed by atoms with Crippen LogP contribution in [-0.2, 0) is 33.3 Å². The second kappa shape index (κ2) is 16.6. The largest absolute Gasteiger partial charge is 1.00 e. The minimum atomic E-state index is -4.54. The molecular formula is C39H40N2NaO6S2+. The number of hydrogen-bond acceptors (Lipinski definition) is 6. The fourth-order valence-electron chi connectivity index (χ4n) is 6.13. The van der Waals surface area contributed by atoms with Gasteiger partial charge in [0.15, 0.2) is 12.3 Å². The Balaban J connectivity index is 0.00000562. The van der Waals surface area contributed by atoms with Crippen LogP contribution in [-0.4, -0.2) is 49.3 Å². The van der Waals surface area contributed by atoms with E-state index in [9.17, 15) is 25.9 Å². The number of benzene rings is 4. The van der Waals surface area contributed by atoms with Crippen molar-refractivity contribution in [2.75, 3.05) is 18.0 Å². The van der Waals surface area contributed by atoms with Crippen LogP contribution < -0.4 is 34.5 Å². The molecule has 0 saturated heterocycles. The fourth-order valence-corrected chi connectivity index (χ4v) is 7.22. The van der Waals surface area contributed by atoms with Gasteiger partial charge in [-0.1, -0.05) is 60.7 Å². The number of aryl methyl sites for hydroxylation is 1. The van der Waals surface area contributed by atoms with E-state index in [0.29, 0.717) is 26.2 Å². The summed E-state index contributed by atoms with van der Waals surface area (Å²) in [5.41, 5.74) is 9.96. The Morgan fingerprint density at radius 2 is 1.46 bits per heavy atom. The number of hydrogen-bond donors (Lipinski definition) is 1. The Hall–Kier alpha value is -3.61. The topological polar surface area (TPSA) is 118 Å². The molecule has 1 aliphatic rings. The molecule has 0 aromatic heterocycles. The van der Waals surface area contributed by atoms with Crippen LogP contribution >= 0.6 is 0 Å². The summed E-state index contributed by atoms with van der Waals surface area (Å²) in [7, 11) is -8.84. The molecule has 0 spiro atoms. The molecule has 5 rings (SSSR count). The van der Waals surface area contributed by atoms with E-state index >= 15 is 0 Å². The van der Waals surface area contributed by atoms with Crippen LogP contribution in [0.5, 0.6) is 0 Å². The van der Waals surface area contributed by atoms with E-state index in [1.165, 1.54) is 24.3 Å². The smallest absolute Gasteiger partial charge is 0.744 e.